The molecule has 112 valence electrons. The minimum atomic E-state index is -0.412. The highest BCUT2D eigenvalue weighted by Crippen LogP contribution is 2.23. The van der Waals surface area contributed by atoms with Crippen LogP contribution in [0.3, 0.4) is 0 Å². The van der Waals surface area contributed by atoms with Gasteiger partial charge in [0.1, 0.15) is 10.9 Å². The zero-order valence-corrected chi connectivity index (χ0v) is 13.3. The van der Waals surface area contributed by atoms with E-state index in [9.17, 15) is 9.59 Å². The third-order valence-corrected chi connectivity index (χ3v) is 3.65. The van der Waals surface area contributed by atoms with Crippen LogP contribution in [0.4, 0.5) is 5.13 Å². The summed E-state index contributed by atoms with van der Waals surface area (Å²) in [6, 6.07) is -0.412. The Kier molecular flexibility index (Phi) is 5.94. The quantitative estimate of drug-likeness (QED) is 0.783. The van der Waals surface area contributed by atoms with Crippen LogP contribution in [0.15, 0.2) is 0 Å². The van der Waals surface area contributed by atoms with Crippen molar-refractivity contribution >= 4 is 28.3 Å². The number of amides is 1. The fourth-order valence-electron chi connectivity index (χ4n) is 1.45. The third-order valence-electron chi connectivity index (χ3n) is 2.59. The van der Waals surface area contributed by atoms with Crippen molar-refractivity contribution in [1.82, 2.24) is 10.3 Å². The van der Waals surface area contributed by atoms with E-state index in [0.29, 0.717) is 28.2 Å². The molecule has 0 saturated carbocycles. The summed E-state index contributed by atoms with van der Waals surface area (Å²) in [6.07, 6.45) is 0. The van der Waals surface area contributed by atoms with Crippen LogP contribution in [0.2, 0.25) is 0 Å². The Bertz CT molecular complexity index is 485. The molecule has 1 aromatic rings. The van der Waals surface area contributed by atoms with Crippen LogP contribution in [0.1, 0.15) is 36.1 Å². The third kappa shape index (κ3) is 4.48. The summed E-state index contributed by atoms with van der Waals surface area (Å²) >= 11 is 1.19. The highest BCUT2D eigenvalue weighted by molar-refractivity contribution is 7.17. The maximum absolute atomic E-state index is 11.8. The minimum Gasteiger partial charge on any atom is -0.465 e. The second kappa shape index (κ2) is 7.23. The molecule has 0 aliphatic rings. The molecule has 2 N–H and O–H groups in total. The molecule has 0 fully saturated rings. The van der Waals surface area contributed by atoms with Gasteiger partial charge in [-0.05, 0) is 19.8 Å². The van der Waals surface area contributed by atoms with Crippen LogP contribution in [0.25, 0.3) is 0 Å². The lowest BCUT2D eigenvalue weighted by Crippen LogP contribution is -2.39. The fourth-order valence-corrected chi connectivity index (χ4v) is 2.42. The molecule has 0 saturated heterocycles. The van der Waals surface area contributed by atoms with Crippen LogP contribution in [0.5, 0.6) is 0 Å². The topological polar surface area (TPSA) is 80.3 Å². The smallest absolute Gasteiger partial charge is 0.350 e. The summed E-state index contributed by atoms with van der Waals surface area (Å²) in [5.74, 6) is -0.102. The second-order valence-corrected chi connectivity index (χ2v) is 5.93. The lowest BCUT2D eigenvalue weighted by atomic mass is 10.2. The summed E-state index contributed by atoms with van der Waals surface area (Å²) in [7, 11) is 1.33. The summed E-state index contributed by atoms with van der Waals surface area (Å²) in [5.41, 5.74) is 0.596. The molecule has 0 bridgehead atoms. The van der Waals surface area contributed by atoms with Crippen molar-refractivity contribution in [3.63, 3.8) is 0 Å². The van der Waals surface area contributed by atoms with E-state index in [2.05, 4.69) is 20.4 Å². The van der Waals surface area contributed by atoms with Gasteiger partial charge in [-0.3, -0.25) is 4.79 Å². The first-order valence-corrected chi connectivity index (χ1v) is 7.26. The molecule has 7 heteroatoms. The molecule has 1 atom stereocenters. The molecular formula is C13H21N3O3S. The maximum atomic E-state index is 11.8. The molecule has 1 unspecified atom stereocenters. The van der Waals surface area contributed by atoms with Crippen molar-refractivity contribution in [1.29, 1.82) is 0 Å². The van der Waals surface area contributed by atoms with Gasteiger partial charge in [0.25, 0.3) is 0 Å². The molecule has 0 aromatic carbocycles. The van der Waals surface area contributed by atoms with E-state index in [0.717, 1.165) is 0 Å². The van der Waals surface area contributed by atoms with Crippen LogP contribution in [0, 0.1) is 12.8 Å². The van der Waals surface area contributed by atoms with E-state index < -0.39 is 12.0 Å². The SMILES string of the molecule is COC(=O)c1sc(NC(C)C(=O)NCC(C)C)nc1C. The van der Waals surface area contributed by atoms with Crippen LogP contribution in [-0.4, -0.2) is 36.6 Å². The Balaban J connectivity index is 2.64. The Morgan fingerprint density at radius 1 is 1.35 bits per heavy atom. The number of aromatic nitrogens is 1. The Hall–Kier alpha value is -1.63. The molecule has 1 amide bonds. The number of aryl methyl sites for hydroxylation is 1. The van der Waals surface area contributed by atoms with Crippen molar-refractivity contribution in [2.24, 2.45) is 5.92 Å². The number of rotatable bonds is 6. The molecule has 1 heterocycles. The van der Waals surface area contributed by atoms with Gasteiger partial charge in [-0.2, -0.15) is 0 Å². The number of hydrogen-bond donors (Lipinski definition) is 2. The maximum Gasteiger partial charge on any atom is 0.350 e. The summed E-state index contributed by atoms with van der Waals surface area (Å²) in [4.78, 5) is 28.0. The molecule has 1 rings (SSSR count). The van der Waals surface area contributed by atoms with E-state index in [-0.39, 0.29) is 5.91 Å². The average Bonchev–Trinajstić information content (AvgIpc) is 2.75. The molecule has 0 spiro atoms. The first-order valence-electron chi connectivity index (χ1n) is 6.45. The van der Waals surface area contributed by atoms with Crippen molar-refractivity contribution < 1.29 is 14.3 Å². The first kappa shape index (κ1) is 16.4. The number of methoxy groups -OCH3 is 1. The molecule has 0 radical (unpaired) electrons. The number of anilines is 1. The predicted molar refractivity (Wildman–Crippen MR) is 79.1 cm³/mol. The molecular weight excluding hydrogens is 278 g/mol. The van der Waals surface area contributed by atoms with E-state index in [4.69, 9.17) is 0 Å². The number of esters is 1. The number of thiazole rings is 1. The summed E-state index contributed by atoms with van der Waals surface area (Å²) in [6.45, 7) is 8.19. The number of ether oxygens (including phenoxy) is 1. The van der Waals surface area contributed by atoms with Crippen LogP contribution in [-0.2, 0) is 9.53 Å². The number of nitrogens with one attached hydrogen (secondary N) is 2. The fraction of sp³-hybridized carbons (Fsp3) is 0.615. The van der Waals surface area contributed by atoms with E-state index in [1.165, 1.54) is 18.4 Å². The highest BCUT2D eigenvalue weighted by atomic mass is 32.1. The standard InChI is InChI=1S/C13H21N3O3S/c1-7(2)6-14-11(17)9(4)16-13-15-8(3)10(20-13)12(18)19-5/h7,9H,6H2,1-5H3,(H,14,17)(H,15,16). The zero-order chi connectivity index (χ0) is 15.3. The van der Waals surface area contributed by atoms with Gasteiger partial charge in [0.05, 0.1) is 12.8 Å². The van der Waals surface area contributed by atoms with Gasteiger partial charge >= 0.3 is 5.97 Å². The van der Waals surface area contributed by atoms with E-state index >= 15 is 0 Å². The van der Waals surface area contributed by atoms with Crippen molar-refractivity contribution in [3.8, 4) is 0 Å². The molecule has 1 aromatic heterocycles. The van der Waals surface area contributed by atoms with Crippen LogP contribution < -0.4 is 10.6 Å². The van der Waals surface area contributed by atoms with Crippen LogP contribution >= 0.6 is 11.3 Å². The Morgan fingerprint density at radius 2 is 2.00 bits per heavy atom. The largest absolute Gasteiger partial charge is 0.465 e. The number of hydrogen-bond acceptors (Lipinski definition) is 6. The van der Waals surface area contributed by atoms with Gasteiger partial charge in [-0.1, -0.05) is 25.2 Å². The number of carbonyl (C=O) groups excluding carboxylic acids is 2. The normalized spacial score (nSPS) is 12.1. The minimum absolute atomic E-state index is 0.0915. The van der Waals surface area contributed by atoms with Gasteiger partial charge in [-0.15, -0.1) is 0 Å². The van der Waals surface area contributed by atoms with Crippen molar-refractivity contribution in [2.75, 3.05) is 19.0 Å². The molecule has 0 aliphatic heterocycles. The highest BCUT2D eigenvalue weighted by Gasteiger charge is 2.19. The first-order chi connectivity index (χ1) is 9.35. The molecule has 6 nitrogen and oxygen atoms in total. The monoisotopic (exact) mass is 299 g/mol. The van der Waals surface area contributed by atoms with E-state index in [1.54, 1.807) is 13.8 Å². The van der Waals surface area contributed by atoms with Gasteiger partial charge in [-0.25, -0.2) is 9.78 Å². The molecule has 20 heavy (non-hydrogen) atoms. The average molecular weight is 299 g/mol. The number of nitrogens with zero attached hydrogens (tertiary/aromatic N) is 1. The summed E-state index contributed by atoms with van der Waals surface area (Å²) < 4.78 is 4.67. The number of carbonyl (C=O) groups is 2. The Morgan fingerprint density at radius 3 is 2.55 bits per heavy atom. The predicted octanol–water partition coefficient (Wildman–Crippen LogP) is 1.81. The summed E-state index contributed by atoms with van der Waals surface area (Å²) in [5, 5.41) is 6.37. The zero-order valence-electron chi connectivity index (χ0n) is 12.4. The Labute approximate surface area is 122 Å². The van der Waals surface area contributed by atoms with Gasteiger partial charge in [0.2, 0.25) is 5.91 Å². The van der Waals surface area contributed by atoms with Crippen molar-refractivity contribution in [2.45, 2.75) is 33.7 Å². The van der Waals surface area contributed by atoms with Crippen molar-refractivity contribution in [3.05, 3.63) is 10.6 Å². The van der Waals surface area contributed by atoms with Gasteiger partial charge < -0.3 is 15.4 Å². The van der Waals surface area contributed by atoms with E-state index in [1.807, 2.05) is 13.8 Å². The van der Waals surface area contributed by atoms with Gasteiger partial charge in [0.15, 0.2) is 5.13 Å². The lowest BCUT2D eigenvalue weighted by molar-refractivity contribution is -0.121. The van der Waals surface area contributed by atoms with Gasteiger partial charge in [0, 0.05) is 6.54 Å². The molecule has 0 aliphatic carbocycles. The second-order valence-electron chi connectivity index (χ2n) is 4.93. The lowest BCUT2D eigenvalue weighted by Gasteiger charge is -2.14.